The summed E-state index contributed by atoms with van der Waals surface area (Å²) in [6.07, 6.45) is 3.30. The van der Waals surface area contributed by atoms with E-state index in [0.29, 0.717) is 5.92 Å². The Labute approximate surface area is 116 Å². The standard InChI is InChI=1S/C13H18N2OS2/c1-16-8-9-6-11-10(2-4-17-11)13(7-9)3-5-18-12(14)15-13/h2,4,9H,3,5-8H2,1H3,(H2,14,15). The molecular formula is C13H18N2OS2. The fraction of sp³-hybridized carbons (Fsp3) is 0.615. The van der Waals surface area contributed by atoms with Crippen LogP contribution >= 0.6 is 23.1 Å². The summed E-state index contributed by atoms with van der Waals surface area (Å²) in [4.78, 5) is 6.31. The zero-order valence-corrected chi connectivity index (χ0v) is 12.1. The Morgan fingerprint density at radius 3 is 3.28 bits per heavy atom. The number of fused-ring (bicyclic) bond motifs is 2. The Hall–Kier alpha value is -0.520. The first-order valence-corrected chi connectivity index (χ1v) is 8.14. The minimum atomic E-state index is -0.0634. The molecule has 2 atom stereocenters. The molecule has 3 rings (SSSR count). The zero-order chi connectivity index (χ0) is 12.6. The van der Waals surface area contributed by atoms with Gasteiger partial charge in [-0.05, 0) is 42.2 Å². The van der Waals surface area contributed by atoms with Gasteiger partial charge >= 0.3 is 0 Å². The highest BCUT2D eigenvalue weighted by molar-refractivity contribution is 8.13. The summed E-state index contributed by atoms with van der Waals surface area (Å²) in [5.41, 5.74) is 7.33. The van der Waals surface area contributed by atoms with Crippen molar-refractivity contribution in [1.82, 2.24) is 0 Å². The lowest BCUT2D eigenvalue weighted by molar-refractivity contribution is 0.125. The van der Waals surface area contributed by atoms with Gasteiger partial charge in [-0.25, -0.2) is 0 Å². The molecule has 0 bridgehead atoms. The average molecular weight is 282 g/mol. The van der Waals surface area contributed by atoms with Gasteiger partial charge in [-0.1, -0.05) is 11.8 Å². The highest BCUT2D eigenvalue weighted by atomic mass is 32.2. The van der Waals surface area contributed by atoms with Crippen LogP contribution in [-0.4, -0.2) is 24.6 Å². The maximum Gasteiger partial charge on any atom is 0.154 e. The second-order valence-corrected chi connectivity index (χ2v) is 7.18. The Balaban J connectivity index is 2.01. The third kappa shape index (κ3) is 2.08. The van der Waals surface area contributed by atoms with Crippen molar-refractivity contribution in [2.24, 2.45) is 16.6 Å². The fourth-order valence-electron chi connectivity index (χ4n) is 3.15. The van der Waals surface area contributed by atoms with Gasteiger partial charge in [0.1, 0.15) is 0 Å². The SMILES string of the molecule is COCC1Cc2sccc2C2(CCSC(N)=N2)C1. The number of hydrogen-bond acceptors (Lipinski definition) is 5. The van der Waals surface area contributed by atoms with E-state index in [1.165, 1.54) is 10.4 Å². The number of ether oxygens (including phenoxy) is 1. The average Bonchev–Trinajstić information content (AvgIpc) is 2.78. The van der Waals surface area contributed by atoms with Gasteiger partial charge in [0, 0.05) is 24.3 Å². The highest BCUT2D eigenvalue weighted by Crippen LogP contribution is 2.47. The van der Waals surface area contributed by atoms with E-state index in [1.54, 1.807) is 18.9 Å². The maximum absolute atomic E-state index is 5.97. The lowest BCUT2D eigenvalue weighted by atomic mass is 9.74. The van der Waals surface area contributed by atoms with E-state index in [9.17, 15) is 0 Å². The van der Waals surface area contributed by atoms with Crippen LogP contribution in [-0.2, 0) is 16.7 Å². The predicted molar refractivity (Wildman–Crippen MR) is 78.4 cm³/mol. The minimum absolute atomic E-state index is 0.0634. The van der Waals surface area contributed by atoms with E-state index in [1.807, 2.05) is 11.3 Å². The van der Waals surface area contributed by atoms with Crippen LogP contribution in [0, 0.1) is 5.92 Å². The number of amidine groups is 1. The van der Waals surface area contributed by atoms with E-state index < -0.39 is 0 Å². The Morgan fingerprint density at radius 2 is 2.50 bits per heavy atom. The molecule has 18 heavy (non-hydrogen) atoms. The largest absolute Gasteiger partial charge is 0.384 e. The van der Waals surface area contributed by atoms with Crippen molar-refractivity contribution in [1.29, 1.82) is 0 Å². The Morgan fingerprint density at radius 1 is 1.61 bits per heavy atom. The van der Waals surface area contributed by atoms with Crippen LogP contribution < -0.4 is 5.73 Å². The molecule has 5 heteroatoms. The number of rotatable bonds is 2. The Kier molecular flexibility index (Phi) is 3.38. The van der Waals surface area contributed by atoms with Gasteiger partial charge in [0.15, 0.2) is 5.17 Å². The molecule has 0 radical (unpaired) electrons. The molecule has 0 saturated carbocycles. The van der Waals surface area contributed by atoms with Crippen molar-refractivity contribution in [2.45, 2.75) is 24.8 Å². The van der Waals surface area contributed by atoms with E-state index in [-0.39, 0.29) is 5.54 Å². The molecule has 0 saturated heterocycles. The normalized spacial score (nSPS) is 31.2. The third-order valence-electron chi connectivity index (χ3n) is 3.84. The van der Waals surface area contributed by atoms with Crippen LogP contribution in [0.1, 0.15) is 23.3 Å². The second kappa shape index (κ2) is 4.87. The summed E-state index contributed by atoms with van der Waals surface area (Å²) in [6, 6.07) is 2.25. The van der Waals surface area contributed by atoms with Crippen LogP contribution in [0.15, 0.2) is 16.4 Å². The first-order chi connectivity index (χ1) is 8.73. The summed E-state index contributed by atoms with van der Waals surface area (Å²) in [7, 11) is 1.78. The first-order valence-electron chi connectivity index (χ1n) is 6.27. The van der Waals surface area contributed by atoms with Crippen molar-refractivity contribution in [3.8, 4) is 0 Å². The number of methoxy groups -OCH3 is 1. The summed E-state index contributed by atoms with van der Waals surface area (Å²) in [6.45, 7) is 0.821. The molecule has 0 amide bonds. The lowest BCUT2D eigenvalue weighted by Gasteiger charge is -2.40. The molecule has 1 aromatic rings. The van der Waals surface area contributed by atoms with Gasteiger partial charge < -0.3 is 10.5 Å². The smallest absolute Gasteiger partial charge is 0.154 e. The molecule has 2 unspecified atom stereocenters. The molecule has 1 aliphatic heterocycles. The van der Waals surface area contributed by atoms with Gasteiger partial charge in [-0.2, -0.15) is 0 Å². The maximum atomic E-state index is 5.97. The molecule has 2 heterocycles. The lowest BCUT2D eigenvalue weighted by Crippen LogP contribution is -2.38. The molecule has 1 spiro atoms. The molecule has 1 aromatic heterocycles. The zero-order valence-electron chi connectivity index (χ0n) is 10.5. The van der Waals surface area contributed by atoms with Gasteiger partial charge in [0.05, 0.1) is 5.54 Å². The van der Waals surface area contributed by atoms with Crippen LogP contribution in [0.3, 0.4) is 0 Å². The number of aliphatic imine (C=N–C) groups is 1. The number of thioether (sulfide) groups is 1. The molecule has 3 nitrogen and oxygen atoms in total. The number of nitrogens with two attached hydrogens (primary N) is 1. The summed E-state index contributed by atoms with van der Waals surface area (Å²) >= 11 is 3.53. The molecular weight excluding hydrogens is 264 g/mol. The van der Waals surface area contributed by atoms with E-state index in [0.717, 1.165) is 36.8 Å². The van der Waals surface area contributed by atoms with Crippen molar-refractivity contribution in [3.63, 3.8) is 0 Å². The van der Waals surface area contributed by atoms with Crippen molar-refractivity contribution in [3.05, 3.63) is 21.9 Å². The number of nitrogens with zero attached hydrogens (tertiary/aromatic N) is 1. The van der Waals surface area contributed by atoms with Gasteiger partial charge in [0.2, 0.25) is 0 Å². The fourth-order valence-corrected chi connectivity index (χ4v) is 5.13. The highest BCUT2D eigenvalue weighted by Gasteiger charge is 2.42. The number of hydrogen-bond donors (Lipinski definition) is 1. The van der Waals surface area contributed by atoms with Crippen LogP contribution in [0.5, 0.6) is 0 Å². The molecule has 0 fully saturated rings. The molecule has 0 aromatic carbocycles. The summed E-state index contributed by atoms with van der Waals surface area (Å²) in [5, 5.41) is 2.94. The second-order valence-electron chi connectivity index (χ2n) is 5.07. The molecule has 98 valence electrons. The quantitative estimate of drug-likeness (QED) is 0.907. The van der Waals surface area contributed by atoms with Crippen LogP contribution in [0.25, 0.3) is 0 Å². The van der Waals surface area contributed by atoms with Crippen LogP contribution in [0.2, 0.25) is 0 Å². The third-order valence-corrected chi connectivity index (χ3v) is 5.58. The molecule has 2 aliphatic rings. The van der Waals surface area contributed by atoms with Gasteiger partial charge in [0.25, 0.3) is 0 Å². The number of thiophene rings is 1. The van der Waals surface area contributed by atoms with E-state index >= 15 is 0 Å². The summed E-state index contributed by atoms with van der Waals surface area (Å²) in [5.74, 6) is 1.64. The van der Waals surface area contributed by atoms with Crippen molar-refractivity contribution >= 4 is 28.3 Å². The van der Waals surface area contributed by atoms with Crippen LogP contribution in [0.4, 0.5) is 0 Å². The summed E-state index contributed by atoms with van der Waals surface area (Å²) < 4.78 is 5.35. The van der Waals surface area contributed by atoms with Gasteiger partial charge in [-0.15, -0.1) is 11.3 Å². The van der Waals surface area contributed by atoms with Crippen molar-refractivity contribution < 1.29 is 4.74 Å². The Bertz CT molecular complexity index is 471. The predicted octanol–water partition coefficient (Wildman–Crippen LogP) is 2.60. The van der Waals surface area contributed by atoms with E-state index in [4.69, 9.17) is 15.5 Å². The molecule has 1 aliphatic carbocycles. The van der Waals surface area contributed by atoms with Gasteiger partial charge in [-0.3, -0.25) is 4.99 Å². The first kappa shape index (κ1) is 12.5. The monoisotopic (exact) mass is 282 g/mol. The molecule has 2 N–H and O–H groups in total. The van der Waals surface area contributed by atoms with Crippen molar-refractivity contribution in [2.75, 3.05) is 19.5 Å². The topological polar surface area (TPSA) is 47.6 Å². The minimum Gasteiger partial charge on any atom is -0.384 e. The van der Waals surface area contributed by atoms with E-state index in [2.05, 4.69) is 11.4 Å².